The van der Waals surface area contributed by atoms with E-state index in [1.54, 1.807) is 26.4 Å². The highest BCUT2D eigenvalue weighted by Gasteiger charge is 2.26. The first-order valence-corrected chi connectivity index (χ1v) is 16.9. The number of piperazine rings is 1. The van der Waals surface area contributed by atoms with Crippen LogP contribution in [0.4, 0.5) is 0 Å². The van der Waals surface area contributed by atoms with E-state index in [-0.39, 0.29) is 25.5 Å². The van der Waals surface area contributed by atoms with Crippen LogP contribution in [0.1, 0.15) is 29.2 Å². The van der Waals surface area contributed by atoms with Crippen LogP contribution in [0.25, 0.3) is 6.08 Å². The van der Waals surface area contributed by atoms with Crippen molar-refractivity contribution in [3.63, 3.8) is 0 Å². The van der Waals surface area contributed by atoms with Crippen LogP contribution in [0.3, 0.4) is 0 Å². The first kappa shape index (κ1) is 37.8. The summed E-state index contributed by atoms with van der Waals surface area (Å²) in [4.78, 5) is 17.5. The second-order valence-electron chi connectivity index (χ2n) is 11.5. The van der Waals surface area contributed by atoms with E-state index in [0.717, 1.165) is 44.7 Å². The first-order valence-electron chi connectivity index (χ1n) is 16.9. The van der Waals surface area contributed by atoms with Gasteiger partial charge < -0.3 is 38.6 Å². The van der Waals surface area contributed by atoms with E-state index in [4.69, 9.17) is 28.4 Å². The Hall–Kier alpha value is -4.03. The molecule has 264 valence electrons. The average molecular weight is 674 g/mol. The summed E-state index contributed by atoms with van der Waals surface area (Å²) >= 11 is 0. The van der Waals surface area contributed by atoms with Gasteiger partial charge >= 0.3 is 0 Å². The molecule has 0 radical (unpaired) electrons. The van der Waals surface area contributed by atoms with Gasteiger partial charge in [-0.3, -0.25) is 9.69 Å². The number of rotatable bonds is 22. The molecule has 0 unspecified atom stereocenters. The summed E-state index contributed by atoms with van der Waals surface area (Å²) in [6.45, 7) is 7.55. The summed E-state index contributed by atoms with van der Waals surface area (Å²) in [5.74, 6) is 0.938. The number of hydrogen-bond donors (Lipinski definition) is 1. The Bertz CT molecular complexity index is 1360. The highest BCUT2D eigenvalue weighted by atomic mass is 16.7. The number of ether oxygens (including phenoxy) is 6. The number of allylic oxidation sites excluding steroid dienone is 2. The molecule has 10 heteroatoms. The maximum absolute atomic E-state index is 12.4. The van der Waals surface area contributed by atoms with Gasteiger partial charge in [-0.2, -0.15) is 0 Å². The smallest absolute Gasteiger partial charge is 0.243 e. The lowest BCUT2D eigenvalue weighted by molar-refractivity contribution is -0.116. The molecule has 4 rings (SSSR count). The van der Waals surface area contributed by atoms with Crippen molar-refractivity contribution in [3.8, 4) is 11.5 Å². The highest BCUT2D eigenvalue weighted by molar-refractivity contribution is 5.87. The molecule has 1 amide bonds. The average Bonchev–Trinajstić information content (AvgIpc) is 3.14. The minimum atomic E-state index is -0.113. The Morgan fingerprint density at radius 1 is 0.755 bits per heavy atom. The molecule has 1 N–H and O–H groups in total. The van der Waals surface area contributed by atoms with Gasteiger partial charge in [-0.15, -0.1) is 0 Å². The lowest BCUT2D eigenvalue weighted by atomic mass is 9.96. The van der Waals surface area contributed by atoms with E-state index in [0.29, 0.717) is 44.5 Å². The van der Waals surface area contributed by atoms with Crippen LogP contribution < -0.4 is 14.8 Å². The van der Waals surface area contributed by atoms with E-state index >= 15 is 0 Å². The molecule has 0 atom stereocenters. The normalized spacial score (nSPS) is 14.2. The fourth-order valence-electron chi connectivity index (χ4n) is 5.49. The van der Waals surface area contributed by atoms with Crippen LogP contribution in [0.15, 0.2) is 97.1 Å². The van der Waals surface area contributed by atoms with Crippen LogP contribution in [0.2, 0.25) is 0 Å². The Morgan fingerprint density at radius 2 is 1.37 bits per heavy atom. The van der Waals surface area contributed by atoms with Crippen LogP contribution in [-0.4, -0.2) is 109 Å². The Morgan fingerprint density at radius 3 is 1.98 bits per heavy atom. The Labute approximate surface area is 291 Å². The quantitative estimate of drug-likeness (QED) is 0.0672. The van der Waals surface area contributed by atoms with Crippen molar-refractivity contribution in [1.29, 1.82) is 0 Å². The van der Waals surface area contributed by atoms with Crippen LogP contribution >= 0.6 is 0 Å². The molecule has 1 fully saturated rings. The molecule has 1 aliphatic rings. The number of methoxy groups -OCH3 is 2. The molecule has 0 saturated carbocycles. The third-order valence-electron chi connectivity index (χ3n) is 8.03. The number of carbonyl (C=O) groups is 1. The molecule has 0 aliphatic carbocycles. The largest absolute Gasteiger partial charge is 0.464 e. The SMILES string of the molecule is COCCOCOc1ccc(C=CC=CC(=O)NCCCN2CCN(C(c3ccccc3)c3ccccc3)CC2)cc1OCOCCOC. The number of benzene rings is 3. The van der Waals surface area contributed by atoms with Crippen molar-refractivity contribution in [2.75, 3.05) is 93.5 Å². The van der Waals surface area contributed by atoms with Crippen LogP contribution in [0, 0.1) is 0 Å². The maximum atomic E-state index is 12.4. The maximum Gasteiger partial charge on any atom is 0.243 e. The van der Waals surface area contributed by atoms with Crippen molar-refractivity contribution in [2.24, 2.45) is 0 Å². The molecule has 0 spiro atoms. The predicted molar refractivity (Wildman–Crippen MR) is 192 cm³/mol. The second-order valence-corrected chi connectivity index (χ2v) is 11.5. The van der Waals surface area contributed by atoms with Gasteiger partial charge in [-0.1, -0.05) is 85.0 Å². The second kappa shape index (κ2) is 22.6. The van der Waals surface area contributed by atoms with Crippen molar-refractivity contribution >= 4 is 12.0 Å². The zero-order valence-corrected chi connectivity index (χ0v) is 28.8. The fraction of sp³-hybridized carbons (Fsp3) is 0.410. The summed E-state index contributed by atoms with van der Waals surface area (Å²) in [5, 5.41) is 3.00. The molecule has 3 aromatic carbocycles. The number of nitrogens with one attached hydrogen (secondary N) is 1. The van der Waals surface area contributed by atoms with E-state index in [1.807, 2.05) is 30.4 Å². The molecular formula is C39H51N3O7. The van der Waals surface area contributed by atoms with E-state index in [9.17, 15) is 4.79 Å². The summed E-state index contributed by atoms with van der Waals surface area (Å²) in [6, 6.07) is 27.3. The Kier molecular flexibility index (Phi) is 17.4. The van der Waals surface area contributed by atoms with E-state index in [1.165, 1.54) is 11.1 Å². The summed E-state index contributed by atoms with van der Waals surface area (Å²) in [6.07, 6.45) is 7.88. The van der Waals surface area contributed by atoms with Crippen LogP contribution in [0.5, 0.6) is 11.5 Å². The molecule has 49 heavy (non-hydrogen) atoms. The van der Waals surface area contributed by atoms with Gasteiger partial charge in [0.1, 0.15) is 0 Å². The monoisotopic (exact) mass is 673 g/mol. The summed E-state index contributed by atoms with van der Waals surface area (Å²) < 4.78 is 32.4. The van der Waals surface area contributed by atoms with Crippen molar-refractivity contribution in [3.05, 3.63) is 114 Å². The topological polar surface area (TPSA) is 91.0 Å². The van der Waals surface area contributed by atoms with Crippen LogP contribution in [-0.2, 0) is 23.7 Å². The molecule has 10 nitrogen and oxygen atoms in total. The van der Waals surface area contributed by atoms with Gasteiger partial charge in [0.25, 0.3) is 0 Å². The number of nitrogens with zero attached hydrogens (tertiary/aromatic N) is 2. The van der Waals surface area contributed by atoms with Gasteiger partial charge in [0, 0.05) is 53.0 Å². The summed E-state index contributed by atoms with van der Waals surface area (Å²) in [7, 11) is 3.23. The lowest BCUT2D eigenvalue weighted by Gasteiger charge is -2.39. The van der Waals surface area contributed by atoms with E-state index in [2.05, 4.69) is 75.8 Å². The highest BCUT2D eigenvalue weighted by Crippen LogP contribution is 2.30. The predicted octanol–water partition coefficient (Wildman–Crippen LogP) is 5.17. The molecular weight excluding hydrogens is 622 g/mol. The zero-order chi connectivity index (χ0) is 34.4. The van der Waals surface area contributed by atoms with E-state index < -0.39 is 0 Å². The van der Waals surface area contributed by atoms with Gasteiger partial charge in [0.05, 0.1) is 32.5 Å². The summed E-state index contributed by atoms with van der Waals surface area (Å²) in [5.41, 5.74) is 3.53. The fourth-order valence-corrected chi connectivity index (χ4v) is 5.49. The van der Waals surface area contributed by atoms with Crippen molar-refractivity contribution < 1.29 is 33.2 Å². The standard InChI is InChI=1S/C39H51N3O7/c1-44-26-28-46-31-48-36-19-18-33(30-37(36)49-32-47-29-27-45-2)12-9-10-17-38(43)40-20-11-21-41-22-24-42(25-23-41)39(34-13-5-3-6-14-34)35-15-7-4-8-16-35/h3-10,12-19,30,39H,11,20-29,31-32H2,1-2H3,(H,40,43). The zero-order valence-electron chi connectivity index (χ0n) is 28.8. The Balaban J connectivity index is 1.17. The number of amides is 1. The minimum absolute atomic E-state index is 0.0523. The molecule has 3 aromatic rings. The third-order valence-corrected chi connectivity index (χ3v) is 8.03. The van der Waals surface area contributed by atoms with Gasteiger partial charge in [-0.05, 0) is 41.8 Å². The van der Waals surface area contributed by atoms with Gasteiger partial charge in [-0.25, -0.2) is 0 Å². The first-order chi connectivity index (χ1) is 24.2. The molecule has 0 bridgehead atoms. The molecule has 1 heterocycles. The molecule has 0 aromatic heterocycles. The number of carbonyl (C=O) groups excluding carboxylic acids is 1. The van der Waals surface area contributed by atoms with Crippen molar-refractivity contribution in [1.82, 2.24) is 15.1 Å². The van der Waals surface area contributed by atoms with Crippen molar-refractivity contribution in [2.45, 2.75) is 12.5 Å². The minimum Gasteiger partial charge on any atom is -0.464 e. The van der Waals surface area contributed by atoms with Gasteiger partial charge in [0.2, 0.25) is 5.91 Å². The molecule has 1 aliphatic heterocycles. The molecule has 1 saturated heterocycles. The van der Waals surface area contributed by atoms with Gasteiger partial charge in [0.15, 0.2) is 25.1 Å². The number of hydrogen-bond acceptors (Lipinski definition) is 9. The third kappa shape index (κ3) is 13.8. The lowest BCUT2D eigenvalue weighted by Crippen LogP contribution is -2.48.